The Morgan fingerprint density at radius 1 is 1.41 bits per heavy atom. The van der Waals surface area contributed by atoms with Crippen LogP contribution in [0.25, 0.3) is 0 Å². The summed E-state index contributed by atoms with van der Waals surface area (Å²) in [5.41, 5.74) is -0.0210. The van der Waals surface area contributed by atoms with Crippen LogP contribution in [0.2, 0.25) is 0 Å². The quantitative estimate of drug-likeness (QED) is 0.368. The third-order valence-corrected chi connectivity index (χ3v) is 2.66. The minimum absolute atomic E-state index is 0.0210. The number of benzene rings is 1. The molecule has 0 aromatic heterocycles. The molecule has 0 unspecified atom stereocenters. The molecule has 1 heterocycles. The minimum Gasteiger partial charge on any atom is -0.426 e. The summed E-state index contributed by atoms with van der Waals surface area (Å²) in [6, 6.07) is 5.49. The minimum atomic E-state index is -0.494. The lowest BCUT2D eigenvalue weighted by molar-refractivity contribution is -0.384. The highest BCUT2D eigenvalue weighted by Gasteiger charge is 2.24. The molecule has 1 aliphatic rings. The van der Waals surface area contributed by atoms with E-state index < -0.39 is 4.92 Å². The first-order valence-corrected chi connectivity index (χ1v) is 5.33. The van der Waals surface area contributed by atoms with Crippen LogP contribution in [0.5, 0.6) is 5.75 Å². The van der Waals surface area contributed by atoms with E-state index in [2.05, 4.69) is 5.32 Å². The molecule has 1 fully saturated rings. The predicted octanol–water partition coefficient (Wildman–Crippen LogP) is 1.11. The lowest BCUT2D eigenvalue weighted by Crippen LogP contribution is -2.22. The molecule has 17 heavy (non-hydrogen) atoms. The van der Waals surface area contributed by atoms with Crippen LogP contribution in [-0.2, 0) is 4.79 Å². The molecule has 0 amide bonds. The highest BCUT2D eigenvalue weighted by molar-refractivity contribution is 5.75. The van der Waals surface area contributed by atoms with Crippen molar-refractivity contribution in [1.82, 2.24) is 5.32 Å². The van der Waals surface area contributed by atoms with Crippen molar-refractivity contribution >= 4 is 11.7 Å². The zero-order chi connectivity index (χ0) is 12.3. The molecule has 6 heteroatoms. The van der Waals surface area contributed by atoms with E-state index in [-0.39, 0.29) is 17.6 Å². The number of rotatable bonds is 3. The fourth-order valence-electron chi connectivity index (χ4n) is 1.69. The van der Waals surface area contributed by atoms with Crippen molar-refractivity contribution in [1.29, 1.82) is 0 Å². The van der Waals surface area contributed by atoms with Gasteiger partial charge in [-0.3, -0.25) is 14.9 Å². The molecule has 0 bridgehead atoms. The number of nitrogens with zero attached hydrogens (tertiary/aromatic N) is 1. The van der Waals surface area contributed by atoms with Crippen LogP contribution in [0.1, 0.15) is 6.42 Å². The molecule has 1 saturated heterocycles. The Bertz CT molecular complexity index is 424. The summed E-state index contributed by atoms with van der Waals surface area (Å²) in [5, 5.41) is 13.5. The van der Waals surface area contributed by atoms with Crippen LogP contribution in [0, 0.1) is 16.0 Å². The van der Waals surface area contributed by atoms with Gasteiger partial charge in [0.15, 0.2) is 0 Å². The van der Waals surface area contributed by atoms with Gasteiger partial charge in [0.05, 0.1) is 10.8 Å². The van der Waals surface area contributed by atoms with Gasteiger partial charge >= 0.3 is 5.97 Å². The van der Waals surface area contributed by atoms with E-state index in [1.807, 2.05) is 0 Å². The number of hydrogen-bond donors (Lipinski definition) is 1. The van der Waals surface area contributed by atoms with Gasteiger partial charge in [-0.15, -0.1) is 0 Å². The average Bonchev–Trinajstić information content (AvgIpc) is 2.83. The Balaban J connectivity index is 1.98. The second-order valence-corrected chi connectivity index (χ2v) is 3.86. The lowest BCUT2D eigenvalue weighted by Gasteiger charge is -2.08. The van der Waals surface area contributed by atoms with Gasteiger partial charge in [0.25, 0.3) is 5.69 Å². The van der Waals surface area contributed by atoms with E-state index in [9.17, 15) is 14.9 Å². The van der Waals surface area contributed by atoms with Gasteiger partial charge in [-0.05, 0) is 25.1 Å². The molecule has 90 valence electrons. The van der Waals surface area contributed by atoms with Crippen molar-refractivity contribution in [3.05, 3.63) is 34.4 Å². The van der Waals surface area contributed by atoms with E-state index in [1.54, 1.807) is 0 Å². The fourth-order valence-corrected chi connectivity index (χ4v) is 1.69. The van der Waals surface area contributed by atoms with Crippen molar-refractivity contribution in [3.63, 3.8) is 0 Å². The Hall–Kier alpha value is -1.95. The number of nitro benzene ring substituents is 1. The van der Waals surface area contributed by atoms with Crippen LogP contribution < -0.4 is 10.1 Å². The van der Waals surface area contributed by atoms with Gasteiger partial charge in [-0.1, -0.05) is 0 Å². The van der Waals surface area contributed by atoms with E-state index in [1.165, 1.54) is 24.3 Å². The average molecular weight is 236 g/mol. The number of nitrogens with one attached hydrogen (secondary N) is 1. The summed E-state index contributed by atoms with van der Waals surface area (Å²) >= 11 is 0. The second kappa shape index (κ2) is 4.92. The number of esters is 1. The molecule has 6 nitrogen and oxygen atoms in total. The van der Waals surface area contributed by atoms with Gasteiger partial charge in [0.2, 0.25) is 0 Å². The van der Waals surface area contributed by atoms with Gasteiger partial charge in [-0.25, -0.2) is 0 Å². The maximum atomic E-state index is 11.6. The van der Waals surface area contributed by atoms with E-state index >= 15 is 0 Å². The molecule has 1 aromatic rings. The molecule has 0 radical (unpaired) electrons. The van der Waals surface area contributed by atoms with Crippen LogP contribution in [-0.4, -0.2) is 24.0 Å². The first-order chi connectivity index (χ1) is 8.16. The Morgan fingerprint density at radius 3 is 2.65 bits per heavy atom. The second-order valence-electron chi connectivity index (χ2n) is 3.86. The Kier molecular flexibility index (Phi) is 3.34. The van der Waals surface area contributed by atoms with Gasteiger partial charge in [0, 0.05) is 18.7 Å². The maximum absolute atomic E-state index is 11.6. The summed E-state index contributed by atoms with van der Waals surface area (Å²) < 4.78 is 5.13. The van der Waals surface area contributed by atoms with Gasteiger partial charge < -0.3 is 10.1 Å². The Labute approximate surface area is 97.7 Å². The molecule has 1 aliphatic heterocycles. The fraction of sp³-hybridized carbons (Fsp3) is 0.364. The summed E-state index contributed by atoms with van der Waals surface area (Å²) in [4.78, 5) is 21.6. The summed E-state index contributed by atoms with van der Waals surface area (Å²) in [6.07, 6.45) is 0.770. The zero-order valence-corrected chi connectivity index (χ0v) is 9.09. The van der Waals surface area contributed by atoms with Crippen LogP contribution in [0.15, 0.2) is 24.3 Å². The molecular weight excluding hydrogens is 224 g/mol. The van der Waals surface area contributed by atoms with Crippen molar-refractivity contribution < 1.29 is 14.5 Å². The first kappa shape index (κ1) is 11.5. The molecule has 1 aromatic carbocycles. The smallest absolute Gasteiger partial charge is 0.315 e. The molecule has 0 spiro atoms. The largest absolute Gasteiger partial charge is 0.426 e. The first-order valence-electron chi connectivity index (χ1n) is 5.33. The van der Waals surface area contributed by atoms with E-state index in [4.69, 9.17) is 4.74 Å². The SMILES string of the molecule is O=C(Oc1ccc([N+](=O)[O-])cc1)[C@@H]1CCNC1. The zero-order valence-electron chi connectivity index (χ0n) is 9.09. The number of hydrogen-bond acceptors (Lipinski definition) is 5. The molecular formula is C11H12N2O4. The molecule has 1 atom stereocenters. The topological polar surface area (TPSA) is 81.5 Å². The number of nitro groups is 1. The summed E-state index contributed by atoms with van der Waals surface area (Å²) in [5.74, 6) is -0.0680. The third-order valence-electron chi connectivity index (χ3n) is 2.66. The molecule has 1 N–H and O–H groups in total. The highest BCUT2D eigenvalue weighted by Crippen LogP contribution is 2.19. The predicted molar refractivity (Wildman–Crippen MR) is 59.7 cm³/mol. The van der Waals surface area contributed by atoms with Crippen LogP contribution in [0.4, 0.5) is 5.69 Å². The van der Waals surface area contributed by atoms with Crippen molar-refractivity contribution in [3.8, 4) is 5.75 Å². The number of carbonyl (C=O) groups excluding carboxylic acids is 1. The van der Waals surface area contributed by atoms with E-state index in [0.29, 0.717) is 12.3 Å². The van der Waals surface area contributed by atoms with Crippen molar-refractivity contribution in [2.24, 2.45) is 5.92 Å². The van der Waals surface area contributed by atoms with Crippen molar-refractivity contribution in [2.75, 3.05) is 13.1 Å². The van der Waals surface area contributed by atoms with Gasteiger partial charge in [-0.2, -0.15) is 0 Å². The van der Waals surface area contributed by atoms with E-state index in [0.717, 1.165) is 13.0 Å². The Morgan fingerprint density at radius 2 is 2.12 bits per heavy atom. The van der Waals surface area contributed by atoms with Crippen LogP contribution >= 0.6 is 0 Å². The number of non-ortho nitro benzene ring substituents is 1. The monoisotopic (exact) mass is 236 g/mol. The number of ether oxygens (including phenoxy) is 1. The summed E-state index contributed by atoms with van der Waals surface area (Å²) in [7, 11) is 0. The normalized spacial score (nSPS) is 18.9. The lowest BCUT2D eigenvalue weighted by atomic mass is 10.1. The summed E-state index contributed by atoms with van der Waals surface area (Å²) in [6.45, 7) is 1.45. The van der Waals surface area contributed by atoms with Crippen LogP contribution in [0.3, 0.4) is 0 Å². The van der Waals surface area contributed by atoms with Crippen molar-refractivity contribution in [2.45, 2.75) is 6.42 Å². The molecule has 0 aliphatic carbocycles. The highest BCUT2D eigenvalue weighted by atomic mass is 16.6. The number of carbonyl (C=O) groups is 1. The standard InChI is InChI=1S/C11H12N2O4/c14-11(8-5-6-12-7-8)17-10-3-1-9(2-4-10)13(15)16/h1-4,8,12H,5-7H2/t8-/m1/s1. The third kappa shape index (κ3) is 2.79. The van der Waals surface area contributed by atoms with Gasteiger partial charge in [0.1, 0.15) is 5.75 Å². The molecule has 2 rings (SSSR count). The molecule has 0 saturated carbocycles. The maximum Gasteiger partial charge on any atom is 0.315 e.